The smallest absolute Gasteiger partial charge is 0.159 e. The molecule has 1 aliphatic heterocycles. The number of likely N-dealkylation sites (tertiary alicyclic amines) is 1. The fraction of sp³-hybridized carbons (Fsp3) is 0.412. The lowest BCUT2D eigenvalue weighted by Crippen LogP contribution is -2.35. The van der Waals surface area contributed by atoms with Crippen molar-refractivity contribution >= 4 is 11.7 Å². The molecule has 5 heteroatoms. The van der Waals surface area contributed by atoms with Gasteiger partial charge in [-0.05, 0) is 38.3 Å². The van der Waals surface area contributed by atoms with Gasteiger partial charge in [-0.15, -0.1) is 5.10 Å². The van der Waals surface area contributed by atoms with E-state index in [9.17, 15) is 0 Å². The highest BCUT2D eigenvalue weighted by Crippen LogP contribution is 2.20. The van der Waals surface area contributed by atoms with Crippen LogP contribution >= 0.6 is 0 Å². The fourth-order valence-electron chi connectivity index (χ4n) is 2.85. The first kappa shape index (κ1) is 14.6. The second-order valence-electron chi connectivity index (χ2n) is 5.82. The number of amidine groups is 1. The lowest BCUT2D eigenvalue weighted by atomic mass is 10.1. The molecular formula is C17H23N5. The Morgan fingerprint density at radius 2 is 1.82 bits per heavy atom. The van der Waals surface area contributed by atoms with Gasteiger partial charge in [0, 0.05) is 26.3 Å². The maximum Gasteiger partial charge on any atom is 0.159 e. The van der Waals surface area contributed by atoms with Crippen LogP contribution in [0.25, 0.3) is 5.69 Å². The molecule has 2 heterocycles. The largest absolute Gasteiger partial charge is 0.371 e. The average molecular weight is 297 g/mol. The van der Waals surface area contributed by atoms with Gasteiger partial charge >= 0.3 is 0 Å². The van der Waals surface area contributed by atoms with Gasteiger partial charge in [-0.2, -0.15) is 0 Å². The predicted molar refractivity (Wildman–Crippen MR) is 90.1 cm³/mol. The molecule has 1 fully saturated rings. The number of hydrogen-bond acceptors (Lipinski definition) is 3. The Morgan fingerprint density at radius 3 is 2.45 bits per heavy atom. The van der Waals surface area contributed by atoms with Crippen molar-refractivity contribution in [2.75, 3.05) is 25.5 Å². The summed E-state index contributed by atoms with van der Waals surface area (Å²) < 4.78 is 1.85. The molecular weight excluding hydrogens is 274 g/mol. The highest BCUT2D eigenvalue weighted by molar-refractivity contribution is 6.00. The van der Waals surface area contributed by atoms with Gasteiger partial charge in [0.2, 0.25) is 0 Å². The summed E-state index contributed by atoms with van der Waals surface area (Å²) in [7, 11) is 1.86. The molecule has 0 radical (unpaired) electrons. The van der Waals surface area contributed by atoms with E-state index in [4.69, 9.17) is 5.41 Å². The lowest BCUT2D eigenvalue weighted by Gasteiger charge is -2.28. The highest BCUT2D eigenvalue weighted by Gasteiger charge is 2.20. The van der Waals surface area contributed by atoms with E-state index >= 15 is 0 Å². The van der Waals surface area contributed by atoms with Crippen molar-refractivity contribution in [1.29, 1.82) is 5.41 Å². The Kier molecular flexibility index (Phi) is 4.13. The van der Waals surface area contributed by atoms with Crippen molar-refractivity contribution in [3.05, 3.63) is 41.6 Å². The van der Waals surface area contributed by atoms with Crippen LogP contribution in [0, 0.1) is 12.3 Å². The molecule has 0 bridgehead atoms. The fourth-order valence-corrected chi connectivity index (χ4v) is 2.85. The zero-order valence-corrected chi connectivity index (χ0v) is 13.3. The summed E-state index contributed by atoms with van der Waals surface area (Å²) in [6.07, 6.45) is 5.56. The van der Waals surface area contributed by atoms with Crippen LogP contribution in [0.2, 0.25) is 0 Å². The number of aromatic nitrogens is 2. The molecule has 0 amide bonds. The zero-order chi connectivity index (χ0) is 15.5. The topological polar surface area (TPSA) is 56.9 Å². The quantitative estimate of drug-likeness (QED) is 0.676. The Labute approximate surface area is 131 Å². The number of piperidine rings is 1. The number of hydrogen-bond donors (Lipinski definition) is 2. The second-order valence-corrected chi connectivity index (χ2v) is 5.82. The third-order valence-corrected chi connectivity index (χ3v) is 4.18. The Balaban J connectivity index is 1.90. The Hall–Kier alpha value is -2.30. The SMILES string of the molecule is CNc1nn(-c2ccc(C)cc2)cc1C(=N)N1CCCCC1. The van der Waals surface area contributed by atoms with Crippen LogP contribution in [0.3, 0.4) is 0 Å². The van der Waals surface area contributed by atoms with E-state index in [0.717, 1.165) is 30.2 Å². The molecule has 0 aliphatic carbocycles. The van der Waals surface area contributed by atoms with E-state index in [1.807, 2.05) is 17.9 Å². The molecule has 1 aromatic heterocycles. The molecule has 5 nitrogen and oxygen atoms in total. The van der Waals surface area contributed by atoms with E-state index in [-0.39, 0.29) is 0 Å². The van der Waals surface area contributed by atoms with Crippen LogP contribution < -0.4 is 5.32 Å². The normalized spacial score (nSPS) is 14.9. The number of aryl methyl sites for hydroxylation is 1. The van der Waals surface area contributed by atoms with Crippen molar-refractivity contribution in [1.82, 2.24) is 14.7 Å². The predicted octanol–water partition coefficient (Wildman–Crippen LogP) is 3.03. The molecule has 0 saturated carbocycles. The van der Waals surface area contributed by atoms with Gasteiger partial charge in [-0.25, -0.2) is 4.68 Å². The number of benzene rings is 1. The summed E-state index contributed by atoms with van der Waals surface area (Å²) in [4.78, 5) is 2.15. The molecule has 2 N–H and O–H groups in total. The Bertz CT molecular complexity index is 650. The molecule has 116 valence electrons. The van der Waals surface area contributed by atoms with Crippen LogP contribution in [0.4, 0.5) is 5.82 Å². The van der Waals surface area contributed by atoms with E-state index in [1.54, 1.807) is 0 Å². The van der Waals surface area contributed by atoms with Crippen LogP contribution in [0.1, 0.15) is 30.4 Å². The average Bonchev–Trinajstić information content (AvgIpc) is 3.00. The summed E-state index contributed by atoms with van der Waals surface area (Å²) in [5, 5.41) is 16.2. The Morgan fingerprint density at radius 1 is 1.14 bits per heavy atom. The molecule has 0 spiro atoms. The van der Waals surface area contributed by atoms with E-state index < -0.39 is 0 Å². The van der Waals surface area contributed by atoms with Crippen molar-refractivity contribution in [2.45, 2.75) is 26.2 Å². The summed E-state index contributed by atoms with van der Waals surface area (Å²) in [6, 6.07) is 8.25. The first-order valence-electron chi connectivity index (χ1n) is 7.87. The number of nitrogens with zero attached hydrogens (tertiary/aromatic N) is 3. The zero-order valence-electron chi connectivity index (χ0n) is 13.3. The molecule has 1 aliphatic rings. The second kappa shape index (κ2) is 6.22. The minimum absolute atomic E-state index is 0.572. The van der Waals surface area contributed by atoms with E-state index in [0.29, 0.717) is 5.84 Å². The maximum atomic E-state index is 8.51. The van der Waals surface area contributed by atoms with E-state index in [2.05, 4.69) is 46.5 Å². The van der Waals surface area contributed by atoms with Crippen molar-refractivity contribution in [3.63, 3.8) is 0 Å². The summed E-state index contributed by atoms with van der Waals surface area (Å²) in [5.74, 6) is 1.33. The molecule has 0 unspecified atom stereocenters. The monoisotopic (exact) mass is 297 g/mol. The molecule has 1 aromatic carbocycles. The summed E-state index contributed by atoms with van der Waals surface area (Å²) in [5.41, 5.74) is 3.11. The molecule has 1 saturated heterocycles. The van der Waals surface area contributed by atoms with Gasteiger partial charge in [-0.3, -0.25) is 5.41 Å². The first-order chi connectivity index (χ1) is 10.7. The van der Waals surface area contributed by atoms with Gasteiger partial charge in [0.15, 0.2) is 5.82 Å². The van der Waals surface area contributed by atoms with Gasteiger partial charge in [0.25, 0.3) is 0 Å². The molecule has 3 rings (SSSR count). The highest BCUT2D eigenvalue weighted by atomic mass is 15.3. The number of rotatable bonds is 3. The van der Waals surface area contributed by atoms with Crippen molar-refractivity contribution in [2.24, 2.45) is 0 Å². The molecule has 22 heavy (non-hydrogen) atoms. The van der Waals surface area contributed by atoms with Gasteiger partial charge in [0.05, 0.1) is 11.3 Å². The van der Waals surface area contributed by atoms with Gasteiger partial charge in [0.1, 0.15) is 5.84 Å². The van der Waals surface area contributed by atoms with Crippen molar-refractivity contribution in [3.8, 4) is 5.69 Å². The van der Waals surface area contributed by atoms with Gasteiger partial charge < -0.3 is 10.2 Å². The minimum atomic E-state index is 0.572. The van der Waals surface area contributed by atoms with Crippen molar-refractivity contribution < 1.29 is 0 Å². The van der Waals surface area contributed by atoms with Crippen LogP contribution in [0.5, 0.6) is 0 Å². The third-order valence-electron chi connectivity index (χ3n) is 4.18. The van der Waals surface area contributed by atoms with Gasteiger partial charge in [-0.1, -0.05) is 17.7 Å². The summed E-state index contributed by atoms with van der Waals surface area (Å²) >= 11 is 0. The number of anilines is 1. The lowest BCUT2D eigenvalue weighted by molar-refractivity contribution is 0.341. The minimum Gasteiger partial charge on any atom is -0.371 e. The standard InChI is InChI=1S/C17H23N5/c1-13-6-8-14(9-7-13)22-12-15(17(19-2)20-22)16(18)21-10-4-3-5-11-21/h6-9,12,18H,3-5,10-11H2,1-2H3,(H,19,20). The molecule has 2 aromatic rings. The first-order valence-corrected chi connectivity index (χ1v) is 7.87. The summed E-state index contributed by atoms with van der Waals surface area (Å²) in [6.45, 7) is 4.01. The van der Waals surface area contributed by atoms with E-state index in [1.165, 1.54) is 24.8 Å². The third kappa shape index (κ3) is 2.84. The molecule has 0 atom stereocenters. The van der Waals surface area contributed by atoms with Crippen LogP contribution in [-0.4, -0.2) is 40.7 Å². The van der Waals surface area contributed by atoms with Crippen LogP contribution in [0.15, 0.2) is 30.5 Å². The van der Waals surface area contributed by atoms with Crippen LogP contribution in [-0.2, 0) is 0 Å². The number of nitrogens with one attached hydrogen (secondary N) is 2. The maximum absolute atomic E-state index is 8.51.